The highest BCUT2D eigenvalue weighted by Gasteiger charge is 2.27. The number of H-pyrrole nitrogens is 1. The van der Waals surface area contributed by atoms with Crippen molar-refractivity contribution in [3.8, 4) is 11.3 Å². The average Bonchev–Trinajstić information content (AvgIpc) is 2.97. The zero-order chi connectivity index (χ0) is 16.2. The predicted octanol–water partition coefficient (Wildman–Crippen LogP) is 2.57. The van der Waals surface area contributed by atoms with Gasteiger partial charge in [0.25, 0.3) is 5.91 Å². The molecule has 0 spiro atoms. The first kappa shape index (κ1) is 16.2. The van der Waals surface area contributed by atoms with E-state index in [-0.39, 0.29) is 5.91 Å². The van der Waals surface area contributed by atoms with Crippen LogP contribution in [-0.2, 0) is 0 Å². The molecule has 0 aliphatic carbocycles. The van der Waals surface area contributed by atoms with Crippen LogP contribution < -0.4 is 11.1 Å². The summed E-state index contributed by atoms with van der Waals surface area (Å²) in [6.45, 7) is 6.60. The topological polar surface area (TPSA) is 83.8 Å². The summed E-state index contributed by atoms with van der Waals surface area (Å²) in [4.78, 5) is 12.4. The van der Waals surface area contributed by atoms with Crippen LogP contribution in [0.4, 0.5) is 0 Å². The monoisotopic (exact) mass is 300 g/mol. The van der Waals surface area contributed by atoms with Crippen LogP contribution in [0.15, 0.2) is 36.4 Å². The van der Waals surface area contributed by atoms with Gasteiger partial charge in [0.05, 0.1) is 11.2 Å². The molecule has 0 aliphatic heterocycles. The Morgan fingerprint density at radius 2 is 2.05 bits per heavy atom. The summed E-state index contributed by atoms with van der Waals surface area (Å²) >= 11 is 0. The zero-order valence-electron chi connectivity index (χ0n) is 13.4. The minimum Gasteiger partial charge on any atom is -0.344 e. The molecule has 5 heteroatoms. The van der Waals surface area contributed by atoms with Gasteiger partial charge in [-0.3, -0.25) is 9.89 Å². The van der Waals surface area contributed by atoms with Crippen LogP contribution in [0.3, 0.4) is 0 Å². The third-order valence-electron chi connectivity index (χ3n) is 3.62. The minimum atomic E-state index is -0.413. The summed E-state index contributed by atoms with van der Waals surface area (Å²) in [5, 5.41) is 10.0. The Balaban J connectivity index is 2.12. The number of nitrogens with zero attached hydrogens (tertiary/aromatic N) is 1. The number of rotatable bonds is 6. The van der Waals surface area contributed by atoms with Crippen LogP contribution in [0.5, 0.6) is 0 Å². The van der Waals surface area contributed by atoms with E-state index in [2.05, 4.69) is 29.4 Å². The number of nitrogens with one attached hydrogen (secondary N) is 2. The Bertz CT molecular complexity index is 621. The first-order valence-electron chi connectivity index (χ1n) is 7.57. The van der Waals surface area contributed by atoms with Gasteiger partial charge >= 0.3 is 0 Å². The highest BCUT2D eigenvalue weighted by Crippen LogP contribution is 2.19. The van der Waals surface area contributed by atoms with Crippen molar-refractivity contribution in [2.24, 2.45) is 11.7 Å². The highest BCUT2D eigenvalue weighted by atomic mass is 16.2. The van der Waals surface area contributed by atoms with Crippen LogP contribution >= 0.6 is 0 Å². The molecule has 22 heavy (non-hydrogen) atoms. The molecule has 0 radical (unpaired) electrons. The third kappa shape index (κ3) is 3.95. The maximum Gasteiger partial charge on any atom is 0.269 e. The summed E-state index contributed by atoms with van der Waals surface area (Å²) in [6, 6.07) is 11.5. The Hall–Kier alpha value is -2.14. The molecule has 0 fully saturated rings. The normalized spacial score (nSPS) is 13.9. The van der Waals surface area contributed by atoms with E-state index in [0.29, 0.717) is 18.2 Å². The fraction of sp³-hybridized carbons (Fsp3) is 0.412. The maximum absolute atomic E-state index is 12.4. The molecule has 1 unspecified atom stereocenters. The van der Waals surface area contributed by atoms with Crippen molar-refractivity contribution in [1.29, 1.82) is 0 Å². The smallest absolute Gasteiger partial charge is 0.269 e. The lowest BCUT2D eigenvalue weighted by Crippen LogP contribution is -2.52. The molecular formula is C17H24N4O. The number of hydrogen-bond donors (Lipinski definition) is 3. The maximum atomic E-state index is 12.4. The molecule has 2 aromatic rings. The molecular weight excluding hydrogens is 276 g/mol. The largest absolute Gasteiger partial charge is 0.344 e. The van der Waals surface area contributed by atoms with Crippen molar-refractivity contribution in [3.63, 3.8) is 0 Å². The Morgan fingerprint density at radius 1 is 1.36 bits per heavy atom. The van der Waals surface area contributed by atoms with Crippen molar-refractivity contribution in [2.75, 3.05) is 6.54 Å². The minimum absolute atomic E-state index is 0.178. The van der Waals surface area contributed by atoms with Gasteiger partial charge in [-0.05, 0) is 25.3 Å². The van der Waals surface area contributed by atoms with E-state index in [0.717, 1.165) is 17.7 Å². The summed E-state index contributed by atoms with van der Waals surface area (Å²) < 4.78 is 0. The number of nitrogens with two attached hydrogens (primary N) is 1. The lowest BCUT2D eigenvalue weighted by molar-refractivity contribution is 0.0893. The molecule has 1 aromatic carbocycles. The molecule has 1 amide bonds. The van der Waals surface area contributed by atoms with E-state index in [1.54, 1.807) is 6.07 Å². The van der Waals surface area contributed by atoms with Gasteiger partial charge in [0.15, 0.2) is 0 Å². The Labute approximate surface area is 131 Å². The average molecular weight is 300 g/mol. The van der Waals surface area contributed by atoms with Gasteiger partial charge in [-0.15, -0.1) is 0 Å². The molecule has 1 aromatic heterocycles. The molecule has 0 saturated carbocycles. The van der Waals surface area contributed by atoms with Crippen LogP contribution in [0.25, 0.3) is 11.3 Å². The summed E-state index contributed by atoms with van der Waals surface area (Å²) in [7, 11) is 0. The number of carbonyl (C=O) groups excluding carboxylic acids is 1. The number of aromatic amines is 1. The molecule has 5 nitrogen and oxygen atoms in total. The molecule has 2 rings (SSSR count). The van der Waals surface area contributed by atoms with Crippen molar-refractivity contribution in [3.05, 3.63) is 42.1 Å². The molecule has 118 valence electrons. The summed E-state index contributed by atoms with van der Waals surface area (Å²) in [5.74, 6) is 0.277. The molecule has 1 heterocycles. The quantitative estimate of drug-likeness (QED) is 0.766. The molecule has 0 aliphatic rings. The summed E-state index contributed by atoms with van der Waals surface area (Å²) in [6.07, 6.45) is 0.828. The number of aromatic nitrogens is 2. The van der Waals surface area contributed by atoms with Crippen molar-refractivity contribution >= 4 is 5.91 Å². The molecule has 0 saturated heterocycles. The first-order chi connectivity index (χ1) is 10.4. The number of benzene rings is 1. The van der Waals surface area contributed by atoms with E-state index in [1.165, 1.54) is 0 Å². The van der Waals surface area contributed by atoms with Crippen molar-refractivity contribution in [2.45, 2.75) is 32.7 Å². The van der Waals surface area contributed by atoms with Gasteiger partial charge in [-0.1, -0.05) is 44.2 Å². The zero-order valence-corrected chi connectivity index (χ0v) is 13.4. The van der Waals surface area contributed by atoms with Gasteiger partial charge in [0.2, 0.25) is 0 Å². The first-order valence-corrected chi connectivity index (χ1v) is 7.57. The fourth-order valence-corrected chi connectivity index (χ4v) is 2.62. The van der Waals surface area contributed by atoms with Gasteiger partial charge < -0.3 is 11.1 Å². The highest BCUT2D eigenvalue weighted by molar-refractivity contribution is 5.93. The van der Waals surface area contributed by atoms with E-state index in [1.807, 2.05) is 37.3 Å². The van der Waals surface area contributed by atoms with Crippen LogP contribution in [0.1, 0.15) is 37.7 Å². The summed E-state index contributed by atoms with van der Waals surface area (Å²) in [5.41, 5.74) is 7.60. The molecule has 4 N–H and O–H groups in total. The Morgan fingerprint density at radius 3 is 2.64 bits per heavy atom. The van der Waals surface area contributed by atoms with Gasteiger partial charge in [0, 0.05) is 12.1 Å². The second-order valence-electron chi connectivity index (χ2n) is 6.35. The molecule has 1 atom stereocenters. The predicted molar refractivity (Wildman–Crippen MR) is 88.4 cm³/mol. The van der Waals surface area contributed by atoms with Crippen LogP contribution in [0, 0.1) is 5.92 Å². The van der Waals surface area contributed by atoms with Crippen molar-refractivity contribution in [1.82, 2.24) is 15.5 Å². The third-order valence-corrected chi connectivity index (χ3v) is 3.62. The van der Waals surface area contributed by atoms with Crippen molar-refractivity contribution < 1.29 is 4.79 Å². The lowest BCUT2D eigenvalue weighted by atomic mass is 9.90. The van der Waals surface area contributed by atoms with Gasteiger partial charge in [0.1, 0.15) is 5.69 Å². The lowest BCUT2D eigenvalue weighted by Gasteiger charge is -2.30. The van der Waals surface area contributed by atoms with E-state index >= 15 is 0 Å². The molecule has 0 bridgehead atoms. The van der Waals surface area contributed by atoms with Crippen LogP contribution in [-0.4, -0.2) is 28.2 Å². The Kier molecular flexibility index (Phi) is 4.98. The second-order valence-corrected chi connectivity index (χ2v) is 6.35. The fourth-order valence-electron chi connectivity index (χ4n) is 2.62. The SMILES string of the molecule is CC(C)CC(C)(CN)NC(=O)c1cc(-c2ccccc2)n[nH]1. The number of hydrogen-bond acceptors (Lipinski definition) is 3. The van der Waals surface area contributed by atoms with Gasteiger partial charge in [-0.2, -0.15) is 5.10 Å². The van der Waals surface area contributed by atoms with Crippen LogP contribution in [0.2, 0.25) is 0 Å². The second kappa shape index (κ2) is 6.75. The van der Waals surface area contributed by atoms with E-state index < -0.39 is 5.54 Å². The number of carbonyl (C=O) groups is 1. The standard InChI is InChI=1S/C17H24N4O/c1-12(2)10-17(3,11-18)19-16(22)15-9-14(20-21-15)13-7-5-4-6-8-13/h4-9,12H,10-11,18H2,1-3H3,(H,19,22)(H,20,21). The van der Waals surface area contributed by atoms with Gasteiger partial charge in [-0.25, -0.2) is 0 Å². The number of amides is 1. The van der Waals surface area contributed by atoms with E-state index in [4.69, 9.17) is 5.73 Å². The van der Waals surface area contributed by atoms with E-state index in [9.17, 15) is 4.79 Å².